The van der Waals surface area contributed by atoms with E-state index in [0.29, 0.717) is 32.2 Å². The molecule has 1 aliphatic heterocycles. The number of likely N-dealkylation sites (tertiary alicyclic amines) is 1. The molecule has 8 heteroatoms. The van der Waals surface area contributed by atoms with E-state index in [0.717, 1.165) is 5.56 Å². The summed E-state index contributed by atoms with van der Waals surface area (Å²) in [6, 6.07) is 7.25. The van der Waals surface area contributed by atoms with E-state index in [9.17, 15) is 19.5 Å². The summed E-state index contributed by atoms with van der Waals surface area (Å²) >= 11 is 0. The number of carboxylic acids is 1. The second kappa shape index (κ2) is 10.8. The fraction of sp³-hybridized carbons (Fsp3) is 0.550. The van der Waals surface area contributed by atoms with Crippen LogP contribution in [0.15, 0.2) is 30.3 Å². The third-order valence-corrected chi connectivity index (χ3v) is 4.83. The fourth-order valence-corrected chi connectivity index (χ4v) is 3.37. The molecule has 0 aliphatic carbocycles. The van der Waals surface area contributed by atoms with Gasteiger partial charge < -0.3 is 19.8 Å². The third-order valence-electron chi connectivity index (χ3n) is 4.83. The molecule has 0 saturated carbocycles. The van der Waals surface area contributed by atoms with Gasteiger partial charge in [-0.2, -0.15) is 0 Å². The summed E-state index contributed by atoms with van der Waals surface area (Å²) in [4.78, 5) is 37.9. The number of carbonyl (C=O) groups is 3. The minimum Gasteiger partial charge on any atom is -0.480 e. The van der Waals surface area contributed by atoms with E-state index < -0.39 is 30.1 Å². The van der Waals surface area contributed by atoms with Gasteiger partial charge in [-0.3, -0.25) is 14.9 Å². The SMILES string of the molecule is C[C@H](N[C@@H](CCc1ccccc1)C(=O)O)C(=O)N1CCC[C@H]1C(=O)OCCO. The standard InChI is InChI=1S/C20H28N2O6/c1-14(18(24)22-11-5-8-17(22)20(27)28-13-12-23)21-16(19(25)26)10-9-15-6-3-2-4-7-15/h2-4,6-7,14,16-17,21,23H,5,8-13H2,1H3,(H,25,26)/t14-,16-,17-/m0/s1. The lowest BCUT2D eigenvalue weighted by atomic mass is 10.0. The van der Waals surface area contributed by atoms with Gasteiger partial charge >= 0.3 is 11.9 Å². The van der Waals surface area contributed by atoms with Crippen LogP contribution >= 0.6 is 0 Å². The number of esters is 1. The number of aryl methyl sites for hydroxylation is 1. The molecular formula is C20H28N2O6. The molecule has 0 bridgehead atoms. The number of carboxylic acid groups (broad SMARTS) is 1. The number of aliphatic hydroxyl groups is 1. The van der Waals surface area contributed by atoms with Crippen LogP contribution in [0.5, 0.6) is 0 Å². The van der Waals surface area contributed by atoms with Crippen LogP contribution in [-0.2, 0) is 25.5 Å². The van der Waals surface area contributed by atoms with Crippen molar-refractivity contribution in [2.75, 3.05) is 19.8 Å². The highest BCUT2D eigenvalue weighted by molar-refractivity contribution is 5.88. The van der Waals surface area contributed by atoms with Crippen LogP contribution in [0.25, 0.3) is 0 Å². The zero-order chi connectivity index (χ0) is 20.5. The second-order valence-electron chi connectivity index (χ2n) is 6.88. The molecule has 1 saturated heterocycles. The largest absolute Gasteiger partial charge is 0.480 e. The van der Waals surface area contributed by atoms with Crippen LogP contribution in [-0.4, -0.2) is 70.8 Å². The average molecular weight is 392 g/mol. The number of nitrogens with zero attached hydrogens (tertiary/aromatic N) is 1. The summed E-state index contributed by atoms with van der Waals surface area (Å²) in [6.45, 7) is 1.65. The Morgan fingerprint density at radius 2 is 2.00 bits per heavy atom. The van der Waals surface area contributed by atoms with Gasteiger partial charge in [0.15, 0.2) is 0 Å². The second-order valence-corrected chi connectivity index (χ2v) is 6.88. The van der Waals surface area contributed by atoms with Crippen LogP contribution in [0.3, 0.4) is 0 Å². The van der Waals surface area contributed by atoms with Gasteiger partial charge in [-0.25, -0.2) is 4.79 Å². The van der Waals surface area contributed by atoms with Crippen LogP contribution in [0.1, 0.15) is 31.7 Å². The first kappa shape index (κ1) is 21.8. The molecule has 154 valence electrons. The Morgan fingerprint density at radius 1 is 1.29 bits per heavy atom. The van der Waals surface area contributed by atoms with Crippen LogP contribution in [0, 0.1) is 0 Å². The molecule has 28 heavy (non-hydrogen) atoms. The number of aliphatic hydroxyl groups excluding tert-OH is 1. The maximum absolute atomic E-state index is 12.8. The monoisotopic (exact) mass is 392 g/mol. The first-order valence-corrected chi connectivity index (χ1v) is 9.54. The van der Waals surface area contributed by atoms with Gasteiger partial charge in [-0.15, -0.1) is 0 Å². The predicted octanol–water partition coefficient (Wildman–Crippen LogP) is 0.577. The van der Waals surface area contributed by atoms with E-state index in [-0.39, 0.29) is 19.1 Å². The number of rotatable bonds is 10. The molecule has 1 amide bonds. The number of aliphatic carboxylic acids is 1. The lowest BCUT2D eigenvalue weighted by Gasteiger charge is -2.28. The van der Waals surface area contributed by atoms with E-state index in [1.54, 1.807) is 6.92 Å². The van der Waals surface area contributed by atoms with Crippen molar-refractivity contribution in [1.82, 2.24) is 10.2 Å². The van der Waals surface area contributed by atoms with Gasteiger partial charge in [0.2, 0.25) is 5.91 Å². The van der Waals surface area contributed by atoms with Crippen molar-refractivity contribution in [3.05, 3.63) is 35.9 Å². The van der Waals surface area contributed by atoms with Gasteiger partial charge in [0, 0.05) is 6.54 Å². The Labute approximate surface area is 164 Å². The Hall–Kier alpha value is -2.45. The fourth-order valence-electron chi connectivity index (χ4n) is 3.37. The lowest BCUT2D eigenvalue weighted by molar-refractivity contribution is -0.155. The van der Waals surface area contributed by atoms with Crippen molar-refractivity contribution < 1.29 is 29.3 Å². The number of carbonyl (C=O) groups excluding carboxylic acids is 2. The molecule has 8 nitrogen and oxygen atoms in total. The molecule has 0 unspecified atom stereocenters. The van der Waals surface area contributed by atoms with E-state index in [1.807, 2.05) is 30.3 Å². The van der Waals surface area contributed by atoms with Gasteiger partial charge in [-0.05, 0) is 38.2 Å². The molecule has 1 fully saturated rings. The highest BCUT2D eigenvalue weighted by atomic mass is 16.5. The zero-order valence-corrected chi connectivity index (χ0v) is 16.0. The highest BCUT2D eigenvalue weighted by Crippen LogP contribution is 2.20. The lowest BCUT2D eigenvalue weighted by Crippen LogP contribution is -2.53. The Morgan fingerprint density at radius 3 is 2.64 bits per heavy atom. The molecule has 0 spiro atoms. The molecular weight excluding hydrogens is 364 g/mol. The maximum atomic E-state index is 12.8. The minimum atomic E-state index is -1.02. The topological polar surface area (TPSA) is 116 Å². The normalized spacial score (nSPS) is 18.5. The molecule has 1 heterocycles. The summed E-state index contributed by atoms with van der Waals surface area (Å²) < 4.78 is 4.94. The zero-order valence-electron chi connectivity index (χ0n) is 16.0. The number of hydrogen-bond donors (Lipinski definition) is 3. The van der Waals surface area contributed by atoms with Crippen molar-refractivity contribution in [3.8, 4) is 0 Å². The number of amides is 1. The van der Waals surface area contributed by atoms with Crippen molar-refractivity contribution in [3.63, 3.8) is 0 Å². The van der Waals surface area contributed by atoms with Crippen LogP contribution in [0.4, 0.5) is 0 Å². The van der Waals surface area contributed by atoms with Crippen molar-refractivity contribution in [2.24, 2.45) is 0 Å². The summed E-state index contributed by atoms with van der Waals surface area (Å²) in [5, 5.41) is 21.2. The van der Waals surface area contributed by atoms with Gasteiger partial charge in [0.05, 0.1) is 12.6 Å². The molecule has 0 radical (unpaired) electrons. The average Bonchev–Trinajstić information content (AvgIpc) is 3.19. The molecule has 1 aromatic rings. The quantitative estimate of drug-likeness (QED) is 0.499. The van der Waals surface area contributed by atoms with E-state index in [4.69, 9.17) is 9.84 Å². The van der Waals surface area contributed by atoms with E-state index >= 15 is 0 Å². The van der Waals surface area contributed by atoms with Crippen molar-refractivity contribution in [2.45, 2.75) is 50.7 Å². The molecule has 1 aromatic carbocycles. The molecule has 0 aromatic heterocycles. The Bertz CT molecular complexity index is 666. The van der Waals surface area contributed by atoms with Gasteiger partial charge in [-0.1, -0.05) is 30.3 Å². The predicted molar refractivity (Wildman–Crippen MR) is 102 cm³/mol. The summed E-state index contributed by atoms with van der Waals surface area (Å²) in [7, 11) is 0. The Balaban J connectivity index is 1.94. The maximum Gasteiger partial charge on any atom is 0.328 e. The first-order valence-electron chi connectivity index (χ1n) is 9.54. The number of hydrogen-bond acceptors (Lipinski definition) is 6. The summed E-state index contributed by atoms with van der Waals surface area (Å²) in [5.74, 6) is -1.88. The minimum absolute atomic E-state index is 0.105. The van der Waals surface area contributed by atoms with E-state index in [2.05, 4.69) is 5.32 Å². The molecule has 2 rings (SSSR count). The smallest absolute Gasteiger partial charge is 0.328 e. The summed E-state index contributed by atoms with van der Waals surface area (Å²) in [6.07, 6.45) is 2.09. The van der Waals surface area contributed by atoms with Gasteiger partial charge in [0.1, 0.15) is 18.7 Å². The third kappa shape index (κ3) is 6.03. The number of benzene rings is 1. The molecule has 3 atom stereocenters. The Kier molecular flexibility index (Phi) is 8.41. The number of ether oxygens (including phenoxy) is 1. The summed E-state index contributed by atoms with van der Waals surface area (Å²) in [5.41, 5.74) is 1.03. The molecule has 1 aliphatic rings. The molecule has 3 N–H and O–H groups in total. The number of nitrogens with one attached hydrogen (secondary N) is 1. The van der Waals surface area contributed by atoms with Crippen LogP contribution < -0.4 is 5.32 Å². The van der Waals surface area contributed by atoms with Crippen molar-refractivity contribution in [1.29, 1.82) is 0 Å². The highest BCUT2D eigenvalue weighted by Gasteiger charge is 2.37. The first-order chi connectivity index (χ1) is 13.4. The van der Waals surface area contributed by atoms with Gasteiger partial charge in [0.25, 0.3) is 0 Å². The van der Waals surface area contributed by atoms with Crippen LogP contribution in [0.2, 0.25) is 0 Å². The van der Waals surface area contributed by atoms with E-state index in [1.165, 1.54) is 4.90 Å². The van der Waals surface area contributed by atoms with Crippen molar-refractivity contribution >= 4 is 17.8 Å².